The van der Waals surface area contributed by atoms with E-state index in [9.17, 15) is 5.11 Å². The number of likely N-dealkylation sites (N-methyl/N-ethyl adjacent to an activating group) is 1. The fraction of sp³-hybridized carbons (Fsp3) is 0.950. The summed E-state index contributed by atoms with van der Waals surface area (Å²) in [6, 6.07) is 0. The second-order valence-corrected chi connectivity index (χ2v) is 7.11. The van der Waals surface area contributed by atoms with E-state index in [0.717, 1.165) is 26.1 Å². The molecule has 3 nitrogen and oxygen atoms in total. The third-order valence-corrected chi connectivity index (χ3v) is 5.14. The Bertz CT molecular complexity index is 332. The lowest BCUT2D eigenvalue weighted by molar-refractivity contribution is -0.515. The molecule has 0 saturated carbocycles. The molecule has 1 rings (SSSR count). The molecule has 24 heavy (non-hydrogen) atoms. The van der Waals surface area contributed by atoms with Crippen molar-refractivity contribution in [1.82, 2.24) is 4.90 Å². The minimum Gasteiger partial charge on any atom is -1.00 e. The lowest BCUT2D eigenvalue weighted by Crippen LogP contribution is -3.00. The van der Waals surface area contributed by atoms with Gasteiger partial charge in [-0.2, -0.15) is 0 Å². The first kappa shape index (κ1) is 23.9. The zero-order valence-corrected chi connectivity index (χ0v) is 18.0. The van der Waals surface area contributed by atoms with Crippen LogP contribution in [0.4, 0.5) is 0 Å². The van der Waals surface area contributed by atoms with Gasteiger partial charge in [0, 0.05) is 13.3 Å². The van der Waals surface area contributed by atoms with E-state index in [-0.39, 0.29) is 23.2 Å². The third-order valence-electron chi connectivity index (χ3n) is 5.14. The van der Waals surface area contributed by atoms with Crippen LogP contribution in [0.5, 0.6) is 0 Å². The Kier molecular flexibility index (Phi) is 15.1. The number of aliphatic hydroxyl groups excluding tert-OH is 1. The van der Waals surface area contributed by atoms with Crippen molar-refractivity contribution in [2.75, 3.05) is 19.6 Å². The van der Waals surface area contributed by atoms with Crippen LogP contribution in [0.2, 0.25) is 0 Å². The fourth-order valence-electron chi connectivity index (χ4n) is 3.66. The first-order chi connectivity index (χ1) is 11.2. The lowest BCUT2D eigenvalue weighted by Gasteiger charge is -2.16. The Balaban J connectivity index is 0.00000529. The van der Waals surface area contributed by atoms with Gasteiger partial charge in [0.25, 0.3) is 0 Å². The third kappa shape index (κ3) is 9.41. The monoisotopic (exact) mass is 404 g/mol. The van der Waals surface area contributed by atoms with Crippen molar-refractivity contribution in [2.45, 2.75) is 104 Å². The van der Waals surface area contributed by atoms with E-state index in [1.165, 1.54) is 76.5 Å². The van der Waals surface area contributed by atoms with E-state index in [2.05, 4.69) is 23.3 Å². The van der Waals surface area contributed by atoms with Gasteiger partial charge >= 0.3 is 0 Å². The van der Waals surface area contributed by atoms with Crippen molar-refractivity contribution >= 4 is 5.84 Å². The van der Waals surface area contributed by atoms with Crippen LogP contribution in [0.3, 0.4) is 0 Å². The van der Waals surface area contributed by atoms with Gasteiger partial charge in [0.2, 0.25) is 5.84 Å². The van der Waals surface area contributed by atoms with E-state index >= 15 is 0 Å². The molecular formula is C20H41BrN2O. The maximum atomic E-state index is 9.89. The van der Waals surface area contributed by atoms with E-state index in [0.29, 0.717) is 0 Å². The van der Waals surface area contributed by atoms with Gasteiger partial charge in [0.1, 0.15) is 13.1 Å². The molecule has 4 heteroatoms. The highest BCUT2D eigenvalue weighted by molar-refractivity contribution is 5.78. The van der Waals surface area contributed by atoms with Gasteiger partial charge in [-0.15, -0.1) is 0 Å². The number of aliphatic hydroxyl groups is 1. The molecule has 1 unspecified atom stereocenters. The van der Waals surface area contributed by atoms with Gasteiger partial charge < -0.3 is 22.1 Å². The molecule has 0 aliphatic carbocycles. The predicted octanol–water partition coefficient (Wildman–Crippen LogP) is 1.78. The predicted molar refractivity (Wildman–Crippen MR) is 100 cm³/mol. The Labute approximate surface area is 161 Å². The molecule has 1 heterocycles. The van der Waals surface area contributed by atoms with Gasteiger partial charge in [-0.1, -0.05) is 71.1 Å². The first-order valence-corrected chi connectivity index (χ1v) is 10.3. The maximum absolute atomic E-state index is 9.89. The van der Waals surface area contributed by atoms with E-state index in [1.54, 1.807) is 0 Å². The van der Waals surface area contributed by atoms with E-state index < -0.39 is 0 Å². The maximum Gasteiger partial charge on any atom is 0.249 e. The molecule has 0 bridgehead atoms. The van der Waals surface area contributed by atoms with Crippen molar-refractivity contribution in [1.29, 1.82) is 0 Å². The highest BCUT2D eigenvalue weighted by Crippen LogP contribution is 2.15. The highest BCUT2D eigenvalue weighted by atomic mass is 79.9. The molecule has 0 fully saturated rings. The summed E-state index contributed by atoms with van der Waals surface area (Å²) in [6.45, 7) is 9.51. The van der Waals surface area contributed by atoms with Crippen LogP contribution in [-0.2, 0) is 0 Å². The van der Waals surface area contributed by atoms with Crippen molar-refractivity contribution in [2.24, 2.45) is 0 Å². The van der Waals surface area contributed by atoms with Crippen LogP contribution in [0.25, 0.3) is 0 Å². The van der Waals surface area contributed by atoms with Crippen molar-refractivity contribution in [3.8, 4) is 0 Å². The summed E-state index contributed by atoms with van der Waals surface area (Å²) < 4.78 is 2.43. The van der Waals surface area contributed by atoms with Gasteiger partial charge in [-0.05, 0) is 13.3 Å². The summed E-state index contributed by atoms with van der Waals surface area (Å²) in [4.78, 5) is 2.18. The van der Waals surface area contributed by atoms with Gasteiger partial charge in [-0.25, -0.2) is 4.90 Å². The molecule has 0 amide bonds. The Morgan fingerprint density at radius 3 is 1.88 bits per heavy atom. The van der Waals surface area contributed by atoms with Crippen LogP contribution >= 0.6 is 0 Å². The molecule has 0 aromatic heterocycles. The number of hydrogen-bond acceptors (Lipinski definition) is 2. The summed E-state index contributed by atoms with van der Waals surface area (Å²) >= 11 is 0. The molecule has 1 aliphatic rings. The molecule has 144 valence electrons. The average Bonchev–Trinajstić information content (AvgIpc) is 2.95. The molecule has 1 atom stereocenters. The van der Waals surface area contributed by atoms with Crippen LogP contribution < -0.4 is 17.0 Å². The SMILES string of the molecule is CCCCCCCCCCCCCC1=[N+](CC)CCN1C(C)O.[Br-]. The van der Waals surface area contributed by atoms with Crippen molar-refractivity contribution in [3.63, 3.8) is 0 Å². The van der Waals surface area contributed by atoms with Crippen LogP contribution in [0, 0.1) is 0 Å². The number of halogens is 1. The zero-order chi connectivity index (χ0) is 16.9. The second kappa shape index (κ2) is 15.2. The highest BCUT2D eigenvalue weighted by Gasteiger charge is 2.31. The van der Waals surface area contributed by atoms with Crippen molar-refractivity contribution in [3.05, 3.63) is 0 Å². The Hall–Kier alpha value is -0.0900. The normalized spacial score (nSPS) is 15.8. The summed E-state index contributed by atoms with van der Waals surface area (Å²) in [5, 5.41) is 9.89. The second-order valence-electron chi connectivity index (χ2n) is 7.11. The minimum atomic E-state index is -0.339. The van der Waals surface area contributed by atoms with Gasteiger partial charge in [-0.3, -0.25) is 4.58 Å². The van der Waals surface area contributed by atoms with E-state index in [4.69, 9.17) is 0 Å². The Morgan fingerprint density at radius 2 is 1.42 bits per heavy atom. The van der Waals surface area contributed by atoms with Crippen LogP contribution in [-0.4, -0.2) is 46.3 Å². The quantitative estimate of drug-likeness (QED) is 0.352. The molecule has 0 saturated heterocycles. The summed E-state index contributed by atoms with van der Waals surface area (Å²) in [5.74, 6) is 1.37. The lowest BCUT2D eigenvalue weighted by atomic mass is 10.1. The molecule has 0 radical (unpaired) electrons. The van der Waals surface area contributed by atoms with Gasteiger partial charge in [0.15, 0.2) is 6.23 Å². The average molecular weight is 405 g/mol. The first-order valence-electron chi connectivity index (χ1n) is 10.3. The molecule has 1 aliphatic heterocycles. The minimum absolute atomic E-state index is 0. The summed E-state index contributed by atoms with van der Waals surface area (Å²) in [5.41, 5.74) is 0. The standard InChI is InChI=1S/C20H41N2O.BrH/c1-4-6-7-8-9-10-11-12-13-14-15-16-20-21(5-2)17-18-22(20)19(3)23;/h19,23H,4-18H2,1-3H3;1H/q+1;/p-1. The number of hydrogen-bond donors (Lipinski definition) is 1. The summed E-state index contributed by atoms with van der Waals surface area (Å²) in [6.07, 6.45) is 16.1. The molecular weight excluding hydrogens is 364 g/mol. The molecule has 1 N–H and O–H groups in total. The molecule has 0 aromatic carbocycles. The smallest absolute Gasteiger partial charge is 0.249 e. The van der Waals surface area contributed by atoms with Crippen LogP contribution in [0.1, 0.15) is 97.8 Å². The number of nitrogens with zero attached hydrogens (tertiary/aromatic N) is 2. The van der Waals surface area contributed by atoms with E-state index in [1.807, 2.05) is 6.92 Å². The van der Waals surface area contributed by atoms with Crippen molar-refractivity contribution < 1.29 is 26.7 Å². The Morgan fingerprint density at radius 1 is 0.917 bits per heavy atom. The number of unbranched alkanes of at least 4 members (excludes halogenated alkanes) is 10. The zero-order valence-electron chi connectivity index (χ0n) is 16.4. The summed E-state index contributed by atoms with van der Waals surface area (Å²) in [7, 11) is 0. The molecule has 0 spiro atoms. The van der Waals surface area contributed by atoms with Gasteiger partial charge in [0.05, 0.1) is 6.54 Å². The number of amidine groups is 1. The largest absolute Gasteiger partial charge is 1.00 e. The molecule has 0 aromatic rings. The topological polar surface area (TPSA) is 26.5 Å². The van der Waals surface area contributed by atoms with Crippen LogP contribution in [0.15, 0.2) is 0 Å². The fourth-order valence-corrected chi connectivity index (χ4v) is 3.66. The number of rotatable bonds is 14.